The van der Waals surface area contributed by atoms with Gasteiger partial charge in [0, 0.05) is 30.2 Å². The zero-order chi connectivity index (χ0) is 22.6. The largest absolute Gasteiger partial charge is 0.356 e. The summed E-state index contributed by atoms with van der Waals surface area (Å²) >= 11 is 0. The van der Waals surface area contributed by atoms with Crippen molar-refractivity contribution in [2.45, 2.75) is 17.7 Å². The first-order chi connectivity index (χ1) is 15.4. The van der Waals surface area contributed by atoms with Crippen LogP contribution in [0, 0.1) is 11.7 Å². The maximum absolute atomic E-state index is 13.2. The maximum Gasteiger partial charge on any atom is 0.243 e. The van der Waals surface area contributed by atoms with E-state index in [1.807, 2.05) is 42.5 Å². The van der Waals surface area contributed by atoms with Crippen LogP contribution in [0.2, 0.25) is 0 Å². The van der Waals surface area contributed by atoms with E-state index in [2.05, 4.69) is 10.6 Å². The molecule has 8 heteroatoms. The Balaban J connectivity index is 1.38. The molecule has 1 atom stereocenters. The van der Waals surface area contributed by atoms with Crippen molar-refractivity contribution >= 4 is 33.0 Å². The van der Waals surface area contributed by atoms with Gasteiger partial charge in [-0.2, -0.15) is 4.31 Å². The second-order valence-electron chi connectivity index (χ2n) is 7.71. The van der Waals surface area contributed by atoms with E-state index in [9.17, 15) is 17.6 Å². The first kappa shape index (κ1) is 22.0. The van der Waals surface area contributed by atoms with Gasteiger partial charge in [0.25, 0.3) is 0 Å². The fourth-order valence-corrected chi connectivity index (χ4v) is 5.22. The topological polar surface area (TPSA) is 78.5 Å². The molecule has 0 radical (unpaired) electrons. The number of rotatable bonds is 6. The summed E-state index contributed by atoms with van der Waals surface area (Å²) in [6.07, 6.45) is 1.19. The third-order valence-electron chi connectivity index (χ3n) is 5.42. The molecule has 1 saturated heterocycles. The number of halogens is 1. The van der Waals surface area contributed by atoms with Crippen molar-refractivity contribution in [1.29, 1.82) is 0 Å². The smallest absolute Gasteiger partial charge is 0.243 e. The number of hydrogen-bond acceptors (Lipinski definition) is 4. The highest BCUT2D eigenvalue weighted by atomic mass is 32.2. The van der Waals surface area contributed by atoms with Crippen LogP contribution in [-0.2, 0) is 14.8 Å². The summed E-state index contributed by atoms with van der Waals surface area (Å²) in [6.45, 7) is 0.433. The van der Waals surface area contributed by atoms with Gasteiger partial charge in [-0.05, 0) is 73.5 Å². The number of amides is 1. The molecule has 3 aromatic carbocycles. The van der Waals surface area contributed by atoms with E-state index in [0.29, 0.717) is 25.1 Å². The lowest BCUT2D eigenvalue weighted by molar-refractivity contribution is -0.120. The first-order valence-corrected chi connectivity index (χ1v) is 11.8. The lowest BCUT2D eigenvalue weighted by atomic mass is 9.98. The van der Waals surface area contributed by atoms with Crippen molar-refractivity contribution in [2.75, 3.05) is 23.7 Å². The van der Waals surface area contributed by atoms with E-state index in [-0.39, 0.29) is 17.3 Å². The zero-order valence-electron chi connectivity index (χ0n) is 17.4. The fraction of sp³-hybridized carbons (Fsp3) is 0.208. The van der Waals surface area contributed by atoms with Crippen molar-refractivity contribution in [3.8, 4) is 0 Å². The van der Waals surface area contributed by atoms with E-state index in [1.165, 1.54) is 16.4 Å². The first-order valence-electron chi connectivity index (χ1n) is 10.4. The van der Waals surface area contributed by atoms with Gasteiger partial charge >= 0.3 is 0 Å². The van der Waals surface area contributed by atoms with E-state index < -0.39 is 21.8 Å². The molecular weight excluding hydrogens is 429 g/mol. The maximum atomic E-state index is 13.2. The average Bonchev–Trinajstić information content (AvgIpc) is 2.81. The Bertz CT molecular complexity index is 1170. The number of para-hydroxylation sites is 1. The summed E-state index contributed by atoms with van der Waals surface area (Å²) < 4.78 is 40.2. The second kappa shape index (κ2) is 9.50. The second-order valence-corrected chi connectivity index (χ2v) is 9.65. The Morgan fingerprint density at radius 2 is 1.50 bits per heavy atom. The Morgan fingerprint density at radius 3 is 2.19 bits per heavy atom. The predicted molar refractivity (Wildman–Crippen MR) is 123 cm³/mol. The molecule has 0 aromatic heterocycles. The summed E-state index contributed by atoms with van der Waals surface area (Å²) in [5.41, 5.74) is 2.50. The molecule has 1 unspecified atom stereocenters. The molecule has 0 aliphatic carbocycles. The van der Waals surface area contributed by atoms with Gasteiger partial charge in [-0.15, -0.1) is 0 Å². The highest BCUT2D eigenvalue weighted by molar-refractivity contribution is 7.89. The van der Waals surface area contributed by atoms with Gasteiger partial charge in [0.2, 0.25) is 15.9 Å². The quantitative estimate of drug-likeness (QED) is 0.571. The number of sulfonamides is 1. The molecule has 0 bridgehead atoms. The van der Waals surface area contributed by atoms with Gasteiger partial charge in [-0.25, -0.2) is 12.8 Å². The highest BCUT2D eigenvalue weighted by Gasteiger charge is 2.33. The van der Waals surface area contributed by atoms with Gasteiger partial charge in [-0.3, -0.25) is 4.79 Å². The Kier molecular flexibility index (Phi) is 6.53. The molecule has 1 fully saturated rings. The van der Waals surface area contributed by atoms with E-state index in [1.54, 1.807) is 12.1 Å². The molecule has 2 N–H and O–H groups in total. The number of hydrogen-bond donors (Lipinski definition) is 2. The van der Waals surface area contributed by atoms with Crippen LogP contribution in [0.5, 0.6) is 0 Å². The molecular formula is C24H24FN3O3S. The minimum atomic E-state index is -3.78. The Hall–Kier alpha value is -3.23. The van der Waals surface area contributed by atoms with Gasteiger partial charge in [0.1, 0.15) is 5.82 Å². The molecule has 1 aliphatic rings. The number of benzene rings is 3. The van der Waals surface area contributed by atoms with Crippen molar-refractivity contribution in [1.82, 2.24) is 4.31 Å². The van der Waals surface area contributed by atoms with Crippen LogP contribution in [-0.4, -0.2) is 31.7 Å². The third kappa shape index (κ3) is 5.15. The molecule has 4 rings (SSSR count). The standard InChI is InChI=1S/C24H24FN3O3S/c25-19-8-14-23(15-9-19)32(30,31)28-16-4-5-18(17-28)24(29)27-22-12-10-21(11-13-22)26-20-6-2-1-3-7-20/h1-3,6-15,18,26H,4-5,16-17H2,(H,27,29). The molecule has 3 aromatic rings. The number of anilines is 3. The van der Waals surface area contributed by atoms with E-state index >= 15 is 0 Å². The monoisotopic (exact) mass is 453 g/mol. The van der Waals surface area contributed by atoms with Crippen LogP contribution in [0.4, 0.5) is 21.5 Å². The van der Waals surface area contributed by atoms with Crippen LogP contribution < -0.4 is 10.6 Å². The number of nitrogens with zero attached hydrogens (tertiary/aromatic N) is 1. The lowest BCUT2D eigenvalue weighted by Gasteiger charge is -2.31. The summed E-state index contributed by atoms with van der Waals surface area (Å²) in [6, 6.07) is 21.9. The van der Waals surface area contributed by atoms with Crippen LogP contribution in [0.3, 0.4) is 0 Å². The molecule has 0 spiro atoms. The Labute approximate surface area is 187 Å². The molecule has 1 amide bonds. The highest BCUT2D eigenvalue weighted by Crippen LogP contribution is 2.25. The number of carbonyl (C=O) groups excluding carboxylic acids is 1. The molecule has 166 valence electrons. The minimum absolute atomic E-state index is 0.0291. The molecule has 6 nitrogen and oxygen atoms in total. The normalized spacial score (nSPS) is 17.0. The van der Waals surface area contributed by atoms with Gasteiger partial charge < -0.3 is 10.6 Å². The van der Waals surface area contributed by atoms with E-state index in [4.69, 9.17) is 0 Å². The van der Waals surface area contributed by atoms with E-state index in [0.717, 1.165) is 23.5 Å². The van der Waals surface area contributed by atoms with Crippen molar-refractivity contribution in [3.05, 3.63) is 84.7 Å². The fourth-order valence-electron chi connectivity index (χ4n) is 3.70. The van der Waals surface area contributed by atoms with Crippen molar-refractivity contribution in [3.63, 3.8) is 0 Å². The lowest BCUT2D eigenvalue weighted by Crippen LogP contribution is -2.43. The third-order valence-corrected chi connectivity index (χ3v) is 7.30. The van der Waals surface area contributed by atoms with Crippen molar-refractivity contribution < 1.29 is 17.6 Å². The summed E-state index contributed by atoms with van der Waals surface area (Å²) in [5, 5.41) is 6.16. The summed E-state index contributed by atoms with van der Waals surface area (Å²) in [7, 11) is -3.78. The average molecular weight is 454 g/mol. The molecule has 1 aliphatic heterocycles. The van der Waals surface area contributed by atoms with Crippen LogP contribution in [0.25, 0.3) is 0 Å². The van der Waals surface area contributed by atoms with Gasteiger partial charge in [0.05, 0.1) is 10.8 Å². The van der Waals surface area contributed by atoms with Crippen LogP contribution >= 0.6 is 0 Å². The van der Waals surface area contributed by atoms with Gasteiger partial charge in [-0.1, -0.05) is 18.2 Å². The minimum Gasteiger partial charge on any atom is -0.356 e. The van der Waals surface area contributed by atoms with Crippen LogP contribution in [0.1, 0.15) is 12.8 Å². The van der Waals surface area contributed by atoms with Crippen molar-refractivity contribution in [2.24, 2.45) is 5.92 Å². The predicted octanol–water partition coefficient (Wildman–Crippen LogP) is 4.61. The van der Waals surface area contributed by atoms with Gasteiger partial charge in [0.15, 0.2) is 0 Å². The van der Waals surface area contributed by atoms with Crippen LogP contribution in [0.15, 0.2) is 83.8 Å². The zero-order valence-corrected chi connectivity index (χ0v) is 18.2. The number of carbonyl (C=O) groups is 1. The molecule has 1 heterocycles. The molecule has 0 saturated carbocycles. The summed E-state index contributed by atoms with van der Waals surface area (Å²) in [4.78, 5) is 12.8. The number of piperidine rings is 1. The summed E-state index contributed by atoms with van der Waals surface area (Å²) in [5.74, 6) is -1.17. The Morgan fingerprint density at radius 1 is 0.875 bits per heavy atom. The SMILES string of the molecule is O=C(Nc1ccc(Nc2ccccc2)cc1)C1CCCN(S(=O)(=O)c2ccc(F)cc2)C1. The number of nitrogens with one attached hydrogen (secondary N) is 2. The molecule has 32 heavy (non-hydrogen) atoms.